The monoisotopic (exact) mass is 647 g/mol. The van der Waals surface area contributed by atoms with E-state index in [0.29, 0.717) is 0 Å². The zero-order chi connectivity index (χ0) is 23.9. The van der Waals surface area contributed by atoms with Crippen LogP contribution in [0.5, 0.6) is 0 Å². The number of hydrogen-bond acceptors (Lipinski definition) is 3. The number of rotatable bonds is 1. The molecule has 1 heterocycles. The van der Waals surface area contributed by atoms with Crippen molar-refractivity contribution < 1.29 is 57.3 Å². The molecule has 1 aliphatic carbocycles. The Bertz CT molecular complexity index is 1210. The van der Waals surface area contributed by atoms with E-state index in [1.54, 1.807) is 0 Å². The summed E-state index contributed by atoms with van der Waals surface area (Å²) in [6, 6.07) is 18.2. The maximum absolute atomic E-state index is 11.4. The number of pyridine rings is 1. The molecule has 0 saturated heterocycles. The van der Waals surface area contributed by atoms with Crippen LogP contribution in [0.15, 0.2) is 60.5 Å². The summed E-state index contributed by atoms with van der Waals surface area (Å²) >= 11 is 0. The van der Waals surface area contributed by atoms with Gasteiger partial charge in [0.2, 0.25) is 5.76 Å². The Labute approximate surface area is 199 Å². The van der Waals surface area contributed by atoms with Gasteiger partial charge >= 0.3 is 12.4 Å². The van der Waals surface area contributed by atoms with Gasteiger partial charge in [-0.25, -0.2) is 0 Å². The second kappa shape index (κ2) is 9.29. The molecule has 0 fully saturated rings. The van der Waals surface area contributed by atoms with Crippen LogP contribution in [-0.4, -0.2) is 28.2 Å². The van der Waals surface area contributed by atoms with Crippen LogP contribution in [0.1, 0.15) is 25.0 Å². The molecule has 0 unspecified atom stereocenters. The summed E-state index contributed by atoms with van der Waals surface area (Å²) in [5, 5.41) is 10.5. The third-order valence-electron chi connectivity index (χ3n) is 5.07. The number of carbonyl (C=O) groups excluding carboxylic acids is 1. The topological polar surface area (TPSA) is 50.2 Å². The first-order chi connectivity index (χ1) is 14.7. The number of aliphatic hydroxyl groups is 1. The molecule has 33 heavy (non-hydrogen) atoms. The van der Waals surface area contributed by atoms with Crippen molar-refractivity contribution in [1.29, 1.82) is 0 Å². The Morgan fingerprint density at radius 2 is 1.64 bits per heavy atom. The van der Waals surface area contributed by atoms with Crippen LogP contribution in [0.25, 0.3) is 22.0 Å². The van der Waals surface area contributed by atoms with Crippen molar-refractivity contribution in [3.8, 4) is 11.3 Å². The zero-order valence-corrected chi connectivity index (χ0v) is 19.4. The number of fused-ring (bicyclic) bond motifs is 2. The fraction of sp³-hybridized carbons (Fsp3) is 0.217. The molecular formula is C23H16F6NO2Pt-. The largest absolute Gasteiger partial charge is 0.504 e. The summed E-state index contributed by atoms with van der Waals surface area (Å²) in [5.74, 6) is -5.34. The molecule has 178 valence electrons. The maximum Gasteiger partial charge on any atom is 0.454 e. The molecule has 0 saturated carbocycles. The summed E-state index contributed by atoms with van der Waals surface area (Å²) in [4.78, 5) is 14.5. The molecule has 0 aliphatic heterocycles. The van der Waals surface area contributed by atoms with Crippen LogP contribution < -0.4 is 0 Å². The number of aliphatic hydroxyl groups excluding tert-OH is 1. The molecule has 3 nitrogen and oxygen atoms in total. The summed E-state index contributed by atoms with van der Waals surface area (Å²) in [5.41, 5.74) is 4.90. The fourth-order valence-electron chi connectivity index (χ4n) is 3.53. The Balaban J connectivity index is 0.000000246. The summed E-state index contributed by atoms with van der Waals surface area (Å²) in [6.45, 7) is 4.56. The summed E-state index contributed by atoms with van der Waals surface area (Å²) in [7, 11) is 0. The van der Waals surface area contributed by atoms with Gasteiger partial charge in [-0.2, -0.15) is 26.3 Å². The van der Waals surface area contributed by atoms with Gasteiger partial charge in [-0.3, -0.25) is 4.79 Å². The second-order valence-electron chi connectivity index (χ2n) is 7.54. The van der Waals surface area contributed by atoms with E-state index in [1.165, 1.54) is 21.9 Å². The zero-order valence-electron chi connectivity index (χ0n) is 17.1. The molecule has 1 aromatic heterocycles. The molecule has 1 N–H and O–H groups in total. The van der Waals surface area contributed by atoms with Crippen molar-refractivity contribution in [3.05, 3.63) is 77.7 Å². The van der Waals surface area contributed by atoms with Crippen molar-refractivity contribution in [2.75, 3.05) is 0 Å². The fourth-order valence-corrected chi connectivity index (χ4v) is 3.53. The summed E-state index contributed by atoms with van der Waals surface area (Å²) in [6.07, 6.45) is -9.79. The Hall–Kier alpha value is -2.67. The van der Waals surface area contributed by atoms with E-state index in [1.807, 2.05) is 12.3 Å². The Kier molecular flexibility index (Phi) is 7.48. The molecular weight excluding hydrogens is 631 g/mol. The standard InChI is InChI=1S/C18H14N.C5H2F6O2.Pt/c1-18(2)14-8-4-3-7-13(14)17-16-12(10-11-19-17)6-5-9-15(16)18;6-4(7,8)2(12)1-3(13)5(9,10)11;/h3-6,8-11H,1-2H3;1,12H;/q-1;;/b;2-1-;. The number of benzene rings is 2. The van der Waals surface area contributed by atoms with Crippen molar-refractivity contribution in [1.82, 2.24) is 4.98 Å². The number of carbonyl (C=O) groups is 1. The third kappa shape index (κ3) is 5.29. The van der Waals surface area contributed by atoms with Crippen LogP contribution in [0.2, 0.25) is 0 Å². The maximum atomic E-state index is 11.4. The average Bonchev–Trinajstić information content (AvgIpc) is 2.71. The first kappa shape index (κ1) is 26.6. The first-order valence-electron chi connectivity index (χ1n) is 9.23. The van der Waals surface area contributed by atoms with E-state index in [0.717, 1.165) is 11.3 Å². The summed E-state index contributed by atoms with van der Waals surface area (Å²) < 4.78 is 68.1. The molecule has 0 atom stereocenters. The Morgan fingerprint density at radius 1 is 1.00 bits per heavy atom. The van der Waals surface area contributed by atoms with Gasteiger partial charge in [0.1, 0.15) is 0 Å². The molecule has 0 bridgehead atoms. The van der Waals surface area contributed by atoms with Crippen LogP contribution in [0.4, 0.5) is 26.3 Å². The number of aromatic nitrogens is 1. The molecule has 0 amide bonds. The predicted molar refractivity (Wildman–Crippen MR) is 106 cm³/mol. The van der Waals surface area contributed by atoms with Crippen LogP contribution in [0, 0.1) is 6.07 Å². The second-order valence-corrected chi connectivity index (χ2v) is 7.54. The van der Waals surface area contributed by atoms with Gasteiger partial charge in [-0.05, 0) is 33.5 Å². The molecule has 0 spiro atoms. The average molecular weight is 647 g/mol. The molecule has 3 aromatic rings. The SMILES string of the molecule is CC1(C)c2ccc[c-]c2-c2nccc3cccc1c23.O=C(/C=C(\O)C(F)(F)F)C(F)(F)F.[Pt]. The van der Waals surface area contributed by atoms with E-state index in [2.05, 4.69) is 61.3 Å². The van der Waals surface area contributed by atoms with E-state index in [4.69, 9.17) is 5.11 Å². The van der Waals surface area contributed by atoms with Gasteiger partial charge in [-0.15, -0.1) is 35.4 Å². The van der Waals surface area contributed by atoms with Gasteiger partial charge in [0, 0.05) is 33.3 Å². The van der Waals surface area contributed by atoms with Crippen molar-refractivity contribution in [2.45, 2.75) is 31.6 Å². The first-order valence-corrected chi connectivity index (χ1v) is 9.23. The van der Waals surface area contributed by atoms with Crippen molar-refractivity contribution in [2.24, 2.45) is 0 Å². The number of ketones is 1. The van der Waals surface area contributed by atoms with Crippen molar-refractivity contribution >= 4 is 16.6 Å². The minimum atomic E-state index is -5.42. The van der Waals surface area contributed by atoms with Gasteiger partial charge < -0.3 is 10.1 Å². The Morgan fingerprint density at radius 3 is 2.24 bits per heavy atom. The smallest absolute Gasteiger partial charge is 0.454 e. The van der Waals surface area contributed by atoms with E-state index in [9.17, 15) is 31.1 Å². The minimum absolute atomic E-state index is 0. The van der Waals surface area contributed by atoms with Gasteiger partial charge in [0.25, 0.3) is 5.78 Å². The molecule has 0 radical (unpaired) electrons. The molecule has 4 rings (SSSR count). The molecule has 2 aromatic carbocycles. The van der Waals surface area contributed by atoms with Gasteiger partial charge in [0.05, 0.1) is 0 Å². The van der Waals surface area contributed by atoms with Crippen molar-refractivity contribution in [3.63, 3.8) is 0 Å². The van der Waals surface area contributed by atoms with Gasteiger partial charge in [0.15, 0.2) is 0 Å². The molecule has 10 heteroatoms. The quantitative estimate of drug-likeness (QED) is 0.143. The number of alkyl halides is 6. The van der Waals surface area contributed by atoms with Crippen LogP contribution >= 0.6 is 0 Å². The normalized spacial score (nSPS) is 14.5. The van der Waals surface area contributed by atoms with Crippen LogP contribution in [-0.2, 0) is 31.3 Å². The van der Waals surface area contributed by atoms with Gasteiger partial charge in [-0.1, -0.05) is 32.0 Å². The minimum Gasteiger partial charge on any atom is -0.504 e. The number of allylic oxidation sites excluding steroid dienone is 2. The predicted octanol–water partition coefficient (Wildman–Crippen LogP) is 6.46. The number of halogens is 6. The third-order valence-corrected chi connectivity index (χ3v) is 5.07. The molecule has 1 aliphatic rings. The van der Waals surface area contributed by atoms with Crippen LogP contribution in [0.3, 0.4) is 0 Å². The van der Waals surface area contributed by atoms with E-state index < -0.39 is 30.0 Å². The van der Waals surface area contributed by atoms with E-state index >= 15 is 0 Å². The number of hydrogen-bond donors (Lipinski definition) is 1. The number of nitrogens with zero attached hydrogens (tertiary/aromatic N) is 1. The van der Waals surface area contributed by atoms with E-state index in [-0.39, 0.29) is 26.5 Å².